The van der Waals surface area contributed by atoms with Gasteiger partial charge in [0.25, 0.3) is 11.5 Å². The fourth-order valence-corrected chi connectivity index (χ4v) is 3.99. The monoisotopic (exact) mass is 390 g/mol. The third-order valence-corrected chi connectivity index (χ3v) is 5.48. The molecule has 1 atom stereocenters. The van der Waals surface area contributed by atoms with Crippen molar-refractivity contribution in [1.82, 2.24) is 4.57 Å². The molecule has 0 saturated heterocycles. The number of pyridine rings is 1. The van der Waals surface area contributed by atoms with Crippen LogP contribution in [0.3, 0.4) is 0 Å². The fourth-order valence-electron chi connectivity index (χ4n) is 3.99. The van der Waals surface area contributed by atoms with Gasteiger partial charge in [-0.25, -0.2) is 4.39 Å². The maximum Gasteiger partial charge on any atom is 0.264 e. The van der Waals surface area contributed by atoms with E-state index in [2.05, 4.69) is 0 Å². The Morgan fingerprint density at radius 2 is 1.97 bits per heavy atom. The first-order chi connectivity index (χ1) is 13.9. The molecule has 0 saturated carbocycles. The smallest absolute Gasteiger partial charge is 0.264 e. The number of anilines is 1. The first-order valence-corrected chi connectivity index (χ1v) is 9.81. The molecule has 0 spiro atoms. The zero-order chi connectivity index (χ0) is 20.5. The molecule has 29 heavy (non-hydrogen) atoms. The van der Waals surface area contributed by atoms with E-state index in [0.29, 0.717) is 18.7 Å². The molecule has 5 heteroatoms. The Kier molecular flexibility index (Phi) is 5.05. The summed E-state index contributed by atoms with van der Waals surface area (Å²) in [4.78, 5) is 28.1. The molecular weight excluding hydrogens is 367 g/mol. The van der Waals surface area contributed by atoms with Crippen LogP contribution >= 0.6 is 0 Å². The summed E-state index contributed by atoms with van der Waals surface area (Å²) in [6.07, 6.45) is 3.14. The molecule has 4 nitrogen and oxygen atoms in total. The number of carbonyl (C=O) groups is 1. The first kappa shape index (κ1) is 19.1. The predicted molar refractivity (Wildman–Crippen MR) is 112 cm³/mol. The van der Waals surface area contributed by atoms with Crippen LogP contribution in [-0.2, 0) is 13.0 Å². The van der Waals surface area contributed by atoms with Gasteiger partial charge in [-0.2, -0.15) is 0 Å². The van der Waals surface area contributed by atoms with Crippen LogP contribution in [0, 0.1) is 12.7 Å². The number of aryl methyl sites for hydroxylation is 2. The van der Waals surface area contributed by atoms with Gasteiger partial charge in [-0.05, 0) is 68.1 Å². The highest BCUT2D eigenvalue weighted by Gasteiger charge is 2.30. The Labute approximate surface area is 169 Å². The van der Waals surface area contributed by atoms with Crippen molar-refractivity contribution < 1.29 is 9.18 Å². The number of nitrogens with zero attached hydrogens (tertiary/aromatic N) is 2. The summed E-state index contributed by atoms with van der Waals surface area (Å²) in [6.45, 7) is 4.36. The first-order valence-electron chi connectivity index (χ1n) is 9.81. The molecule has 1 aromatic heterocycles. The number of halogens is 1. The summed E-state index contributed by atoms with van der Waals surface area (Å²) in [6, 6.07) is 15.6. The van der Waals surface area contributed by atoms with E-state index in [-0.39, 0.29) is 28.9 Å². The van der Waals surface area contributed by atoms with Gasteiger partial charge in [-0.3, -0.25) is 9.59 Å². The molecule has 0 radical (unpaired) electrons. The summed E-state index contributed by atoms with van der Waals surface area (Å²) in [7, 11) is 0. The van der Waals surface area contributed by atoms with Gasteiger partial charge in [-0.1, -0.05) is 29.8 Å². The average molecular weight is 390 g/mol. The molecule has 0 aliphatic carbocycles. The van der Waals surface area contributed by atoms with Gasteiger partial charge in [0.15, 0.2) is 0 Å². The molecule has 4 rings (SSSR count). The van der Waals surface area contributed by atoms with Gasteiger partial charge in [0.1, 0.15) is 11.4 Å². The largest absolute Gasteiger partial charge is 0.310 e. The summed E-state index contributed by atoms with van der Waals surface area (Å²) in [5.41, 5.74) is 3.42. The molecule has 2 heterocycles. The van der Waals surface area contributed by atoms with Crippen LogP contribution in [0.5, 0.6) is 0 Å². The van der Waals surface area contributed by atoms with Crippen molar-refractivity contribution in [2.45, 2.75) is 39.3 Å². The molecule has 1 aliphatic heterocycles. The number of amides is 1. The molecule has 3 aromatic rings. The van der Waals surface area contributed by atoms with Crippen molar-refractivity contribution in [3.63, 3.8) is 0 Å². The molecule has 2 aromatic carbocycles. The standard InChI is InChI=1S/C24H23FN2O2/c1-16-5-3-6-18(13-16)15-26-12-4-7-21(23(26)28)24(29)27-17(2)8-9-19-14-20(25)10-11-22(19)27/h3-7,10-14,17H,8-9,15H2,1-2H3/t17-/m1/s1. The molecule has 148 valence electrons. The Balaban J connectivity index is 1.71. The van der Waals surface area contributed by atoms with Crippen LogP contribution < -0.4 is 10.5 Å². The van der Waals surface area contributed by atoms with Gasteiger partial charge in [0, 0.05) is 17.9 Å². The topological polar surface area (TPSA) is 42.3 Å². The molecular formula is C24H23FN2O2. The summed E-state index contributed by atoms with van der Waals surface area (Å²) in [5.74, 6) is -0.653. The van der Waals surface area contributed by atoms with E-state index in [1.807, 2.05) is 38.1 Å². The molecule has 1 amide bonds. The normalized spacial score (nSPS) is 15.8. The van der Waals surface area contributed by atoms with Crippen molar-refractivity contribution in [2.24, 2.45) is 0 Å². The average Bonchev–Trinajstić information content (AvgIpc) is 2.69. The predicted octanol–water partition coefficient (Wildman–Crippen LogP) is 4.33. The summed E-state index contributed by atoms with van der Waals surface area (Å²) < 4.78 is 15.2. The SMILES string of the molecule is Cc1cccc(Cn2cccc(C(=O)N3c4ccc(F)cc4CC[C@H]3C)c2=O)c1. The minimum absolute atomic E-state index is 0.0645. The second-order valence-electron chi connectivity index (χ2n) is 7.68. The molecule has 0 fully saturated rings. The molecule has 1 aliphatic rings. The number of hydrogen-bond donors (Lipinski definition) is 0. The third kappa shape index (κ3) is 3.73. The Bertz CT molecular complexity index is 1140. The Hall–Kier alpha value is -3.21. The number of hydrogen-bond acceptors (Lipinski definition) is 2. The van der Waals surface area contributed by atoms with Gasteiger partial charge in [0.2, 0.25) is 0 Å². The van der Waals surface area contributed by atoms with Crippen LogP contribution in [0.25, 0.3) is 0 Å². The lowest BCUT2D eigenvalue weighted by atomic mass is 9.95. The van der Waals surface area contributed by atoms with Crippen LogP contribution in [-0.4, -0.2) is 16.5 Å². The lowest BCUT2D eigenvalue weighted by Gasteiger charge is -2.35. The zero-order valence-electron chi connectivity index (χ0n) is 16.6. The molecule has 0 unspecified atom stereocenters. The van der Waals surface area contributed by atoms with Gasteiger partial charge < -0.3 is 9.47 Å². The van der Waals surface area contributed by atoms with E-state index in [0.717, 1.165) is 23.1 Å². The van der Waals surface area contributed by atoms with Crippen molar-refractivity contribution in [3.05, 3.63) is 99.2 Å². The van der Waals surface area contributed by atoms with Crippen molar-refractivity contribution in [3.8, 4) is 0 Å². The van der Waals surface area contributed by atoms with Crippen LogP contribution in [0.1, 0.15) is 40.4 Å². The number of rotatable bonds is 3. The highest BCUT2D eigenvalue weighted by molar-refractivity contribution is 6.06. The zero-order valence-corrected chi connectivity index (χ0v) is 16.6. The Morgan fingerprint density at radius 1 is 1.14 bits per heavy atom. The number of benzene rings is 2. The van der Waals surface area contributed by atoms with Crippen LogP contribution in [0.15, 0.2) is 65.6 Å². The van der Waals surface area contributed by atoms with Crippen molar-refractivity contribution in [2.75, 3.05) is 4.90 Å². The van der Waals surface area contributed by atoms with E-state index >= 15 is 0 Å². The summed E-state index contributed by atoms with van der Waals surface area (Å²) >= 11 is 0. The van der Waals surface area contributed by atoms with E-state index in [9.17, 15) is 14.0 Å². The van der Waals surface area contributed by atoms with Crippen molar-refractivity contribution in [1.29, 1.82) is 0 Å². The van der Waals surface area contributed by atoms with Gasteiger partial charge in [0.05, 0.1) is 6.54 Å². The Morgan fingerprint density at radius 3 is 2.76 bits per heavy atom. The summed E-state index contributed by atoms with van der Waals surface area (Å²) in [5, 5.41) is 0. The number of aromatic nitrogens is 1. The van der Waals surface area contributed by atoms with E-state index < -0.39 is 0 Å². The number of carbonyl (C=O) groups excluding carboxylic acids is 1. The van der Waals surface area contributed by atoms with Gasteiger partial charge in [-0.15, -0.1) is 0 Å². The minimum atomic E-state index is -0.339. The molecule has 0 N–H and O–H groups in total. The second kappa shape index (κ2) is 7.66. The van der Waals surface area contributed by atoms with E-state index in [4.69, 9.17) is 0 Å². The quantitative estimate of drug-likeness (QED) is 0.668. The third-order valence-electron chi connectivity index (χ3n) is 5.48. The molecule has 0 bridgehead atoms. The maximum absolute atomic E-state index is 13.6. The van der Waals surface area contributed by atoms with Crippen LogP contribution in [0.4, 0.5) is 10.1 Å². The minimum Gasteiger partial charge on any atom is -0.310 e. The van der Waals surface area contributed by atoms with Crippen molar-refractivity contribution >= 4 is 11.6 Å². The number of fused-ring (bicyclic) bond motifs is 1. The van der Waals surface area contributed by atoms with Crippen LogP contribution in [0.2, 0.25) is 0 Å². The van der Waals surface area contributed by atoms with E-state index in [1.165, 1.54) is 12.1 Å². The maximum atomic E-state index is 13.6. The second-order valence-corrected chi connectivity index (χ2v) is 7.68. The van der Waals surface area contributed by atoms with E-state index in [1.54, 1.807) is 33.9 Å². The highest BCUT2D eigenvalue weighted by Crippen LogP contribution is 2.32. The lowest BCUT2D eigenvalue weighted by Crippen LogP contribution is -2.44. The van der Waals surface area contributed by atoms with Gasteiger partial charge >= 0.3 is 0 Å². The fraction of sp³-hybridized carbons (Fsp3) is 0.250. The highest BCUT2D eigenvalue weighted by atomic mass is 19.1. The lowest BCUT2D eigenvalue weighted by molar-refractivity contribution is 0.0973.